The number of rotatable bonds is 7. The van der Waals surface area contributed by atoms with Gasteiger partial charge in [-0.2, -0.15) is 4.98 Å². The summed E-state index contributed by atoms with van der Waals surface area (Å²) in [7, 11) is 1.41. The summed E-state index contributed by atoms with van der Waals surface area (Å²) in [5, 5.41) is 2.30. The van der Waals surface area contributed by atoms with Gasteiger partial charge in [0, 0.05) is 18.3 Å². The number of pyridine rings is 1. The van der Waals surface area contributed by atoms with Crippen molar-refractivity contribution in [2.24, 2.45) is 0 Å². The Morgan fingerprint density at radius 1 is 1.09 bits per heavy atom. The number of halogens is 3. The molecule has 0 aliphatic rings. The molecular weight excluding hydrogens is 427 g/mol. The van der Waals surface area contributed by atoms with E-state index in [1.807, 2.05) is 0 Å². The number of aryl methyl sites for hydroxylation is 1. The molecule has 3 N–H and O–H groups in total. The number of hydrogen-bond donors (Lipinski definition) is 2. The van der Waals surface area contributed by atoms with Crippen LogP contribution in [0.1, 0.15) is 17.8 Å². The normalized spacial score (nSPS) is 10.8. The summed E-state index contributed by atoms with van der Waals surface area (Å²) in [4.78, 5) is 23.4. The van der Waals surface area contributed by atoms with Crippen LogP contribution < -0.4 is 15.8 Å². The first-order valence-corrected chi connectivity index (χ1v) is 9.46. The molecule has 1 amide bonds. The average molecular weight is 447 g/mol. The van der Waals surface area contributed by atoms with Crippen LogP contribution in [0.2, 0.25) is 0 Å². The molecule has 3 rings (SSSR count). The van der Waals surface area contributed by atoms with Gasteiger partial charge in [-0.05, 0) is 48.9 Å². The smallest absolute Gasteiger partial charge is 0.406 e. The lowest BCUT2D eigenvalue weighted by molar-refractivity contribution is 0.126. The molecule has 0 saturated heterocycles. The van der Waals surface area contributed by atoms with Gasteiger partial charge >= 0.3 is 6.09 Å². The molecule has 11 heteroatoms. The molecule has 1 aromatic carbocycles. The number of carbonyl (C=O) groups excluding carboxylic acids is 1. The van der Waals surface area contributed by atoms with Crippen LogP contribution in [-0.4, -0.2) is 41.3 Å². The highest BCUT2D eigenvalue weighted by Gasteiger charge is 2.21. The number of carbonyl (C=O) groups is 1. The molecule has 8 nitrogen and oxygen atoms in total. The van der Waals surface area contributed by atoms with Crippen LogP contribution in [0.25, 0.3) is 22.4 Å². The number of amides is 1. The Morgan fingerprint density at radius 2 is 1.81 bits per heavy atom. The maximum Gasteiger partial charge on any atom is 0.406 e. The van der Waals surface area contributed by atoms with Crippen LogP contribution in [0.5, 0.6) is 5.88 Å². The molecule has 2 heterocycles. The lowest BCUT2D eigenvalue weighted by Gasteiger charge is -2.16. The molecule has 0 radical (unpaired) electrons. The van der Waals surface area contributed by atoms with Gasteiger partial charge in [-0.15, -0.1) is 0 Å². The summed E-state index contributed by atoms with van der Waals surface area (Å²) in [5.41, 5.74) is 7.06. The summed E-state index contributed by atoms with van der Waals surface area (Å²) in [5.74, 6) is -0.613. The van der Waals surface area contributed by atoms with Crippen molar-refractivity contribution in [2.45, 2.75) is 13.3 Å². The van der Waals surface area contributed by atoms with E-state index in [9.17, 15) is 18.0 Å². The number of nitrogens with one attached hydrogen (secondary N) is 1. The van der Waals surface area contributed by atoms with Crippen LogP contribution in [-0.2, 0) is 4.74 Å². The molecule has 0 unspecified atom stereocenters. The fourth-order valence-corrected chi connectivity index (χ4v) is 2.93. The van der Waals surface area contributed by atoms with E-state index in [4.69, 9.17) is 15.2 Å². The number of aromatic nitrogens is 3. The Hall–Kier alpha value is -3.89. The molecule has 0 atom stereocenters. The first-order valence-electron chi connectivity index (χ1n) is 9.46. The van der Waals surface area contributed by atoms with Gasteiger partial charge in [0.05, 0.1) is 11.3 Å². The quantitative estimate of drug-likeness (QED) is 0.528. The van der Waals surface area contributed by atoms with E-state index in [2.05, 4.69) is 20.3 Å². The van der Waals surface area contributed by atoms with Crippen molar-refractivity contribution in [2.75, 3.05) is 26.0 Å². The highest BCUT2D eigenvalue weighted by atomic mass is 19.3. The van der Waals surface area contributed by atoms with E-state index in [0.29, 0.717) is 16.8 Å². The zero-order valence-electron chi connectivity index (χ0n) is 17.2. The van der Waals surface area contributed by atoms with Gasteiger partial charge in [0.25, 0.3) is 6.43 Å². The molecule has 0 fully saturated rings. The maximum atomic E-state index is 13.5. The topological polar surface area (TPSA) is 112 Å². The number of benzene rings is 1. The van der Waals surface area contributed by atoms with Crippen LogP contribution in [0.4, 0.5) is 23.9 Å². The summed E-state index contributed by atoms with van der Waals surface area (Å²) in [6.07, 6.45) is -3.45. The van der Waals surface area contributed by atoms with Gasteiger partial charge in [-0.25, -0.2) is 22.9 Å². The molecule has 0 aliphatic carbocycles. The minimum Gasteiger partial charge on any atom is -0.473 e. The molecule has 32 heavy (non-hydrogen) atoms. The zero-order chi connectivity index (χ0) is 23.3. The second kappa shape index (κ2) is 9.94. The van der Waals surface area contributed by atoms with Crippen molar-refractivity contribution in [3.63, 3.8) is 0 Å². The van der Waals surface area contributed by atoms with Gasteiger partial charge in [0.15, 0.2) is 0 Å². The number of nitrogens with two attached hydrogens (primary N) is 1. The highest BCUT2D eigenvalue weighted by Crippen LogP contribution is 2.39. The Bertz CT molecular complexity index is 1110. The van der Waals surface area contributed by atoms with E-state index in [0.717, 1.165) is 0 Å². The third-order valence-corrected chi connectivity index (χ3v) is 4.26. The fraction of sp³-hybridized carbons (Fsp3) is 0.238. The Morgan fingerprint density at radius 3 is 2.47 bits per heavy atom. The third-order valence-electron chi connectivity index (χ3n) is 4.26. The lowest BCUT2D eigenvalue weighted by atomic mass is 9.99. The second-order valence-corrected chi connectivity index (χ2v) is 6.57. The maximum absolute atomic E-state index is 13.5. The van der Waals surface area contributed by atoms with E-state index in [-0.39, 0.29) is 36.3 Å². The summed E-state index contributed by atoms with van der Waals surface area (Å²) < 4.78 is 50.8. The van der Waals surface area contributed by atoms with Gasteiger partial charge in [0.1, 0.15) is 24.7 Å². The van der Waals surface area contributed by atoms with E-state index in [1.54, 1.807) is 13.0 Å². The monoisotopic (exact) mass is 447 g/mol. The molecule has 0 saturated carbocycles. The molecular formula is C21H20F3N5O3. The van der Waals surface area contributed by atoms with Gasteiger partial charge < -0.3 is 20.5 Å². The van der Waals surface area contributed by atoms with Crippen molar-refractivity contribution in [3.8, 4) is 28.3 Å². The summed E-state index contributed by atoms with van der Waals surface area (Å²) in [6.45, 7) is 1.38. The summed E-state index contributed by atoms with van der Waals surface area (Å²) in [6, 6.07) is 8.19. The predicted molar refractivity (Wildman–Crippen MR) is 111 cm³/mol. The highest BCUT2D eigenvalue weighted by molar-refractivity contribution is 5.85. The van der Waals surface area contributed by atoms with Crippen molar-refractivity contribution in [1.29, 1.82) is 0 Å². The molecule has 0 bridgehead atoms. The van der Waals surface area contributed by atoms with Gasteiger partial charge in [-0.1, -0.05) is 0 Å². The molecule has 3 aromatic rings. The predicted octanol–water partition coefficient (Wildman–Crippen LogP) is 3.91. The lowest BCUT2D eigenvalue weighted by Crippen LogP contribution is -2.22. The number of hydrogen-bond acceptors (Lipinski definition) is 7. The van der Waals surface area contributed by atoms with E-state index >= 15 is 0 Å². The fourth-order valence-electron chi connectivity index (χ4n) is 2.93. The number of ether oxygens (including phenoxy) is 2. The number of alkyl halides is 2. The molecule has 0 spiro atoms. The van der Waals surface area contributed by atoms with Crippen LogP contribution in [0.3, 0.4) is 0 Å². The van der Waals surface area contributed by atoms with Gasteiger partial charge in [0.2, 0.25) is 11.8 Å². The Labute approximate surface area is 181 Å². The van der Waals surface area contributed by atoms with Crippen molar-refractivity contribution in [3.05, 3.63) is 53.6 Å². The zero-order valence-corrected chi connectivity index (χ0v) is 17.2. The Kier molecular flexibility index (Phi) is 7.08. The molecule has 2 aromatic heterocycles. The first-order chi connectivity index (χ1) is 15.3. The minimum absolute atomic E-state index is 0.0110. The average Bonchev–Trinajstić information content (AvgIpc) is 2.76. The van der Waals surface area contributed by atoms with Crippen LogP contribution in [0.15, 0.2) is 36.4 Å². The molecule has 0 aliphatic heterocycles. The standard InChI is InChI=1S/C21H20F3N5O3/c1-11-9-13(10-15(27-11)18(23)24)16-17(12-3-5-14(22)6-4-12)28-20(25)29-19(16)31-7-8-32-21(30)26-2/h3-6,9-10,18H,7-8H2,1-2H3,(H,26,30)(H2,25,28,29). The Balaban J connectivity index is 2.12. The minimum atomic E-state index is -2.80. The van der Waals surface area contributed by atoms with Crippen molar-refractivity contribution in [1.82, 2.24) is 20.3 Å². The number of alkyl carbamates (subject to hydrolysis) is 1. The molecule has 168 valence electrons. The summed E-state index contributed by atoms with van der Waals surface area (Å²) >= 11 is 0. The number of anilines is 1. The van der Waals surface area contributed by atoms with Crippen LogP contribution in [0, 0.1) is 12.7 Å². The van der Waals surface area contributed by atoms with Gasteiger partial charge in [-0.3, -0.25) is 4.98 Å². The first kappa shape index (κ1) is 22.8. The van der Waals surface area contributed by atoms with E-state index < -0.39 is 24.0 Å². The van der Waals surface area contributed by atoms with Crippen molar-refractivity contribution >= 4 is 12.0 Å². The SMILES string of the molecule is CNC(=O)OCCOc1nc(N)nc(-c2ccc(F)cc2)c1-c1cc(C)nc(C(F)F)c1. The van der Waals surface area contributed by atoms with E-state index in [1.165, 1.54) is 37.4 Å². The second-order valence-electron chi connectivity index (χ2n) is 6.57. The van der Waals surface area contributed by atoms with Crippen molar-refractivity contribution < 1.29 is 27.4 Å². The third kappa shape index (κ3) is 5.42. The number of nitrogen functional groups attached to an aromatic ring is 1. The number of nitrogens with zero attached hydrogens (tertiary/aromatic N) is 3. The largest absolute Gasteiger partial charge is 0.473 e. The van der Waals surface area contributed by atoms with Crippen LogP contribution >= 0.6 is 0 Å².